The topological polar surface area (TPSA) is 29.3 Å². The number of hydrogen-bond acceptors (Lipinski definition) is 2. The van der Waals surface area contributed by atoms with Crippen molar-refractivity contribution in [2.75, 3.05) is 6.54 Å². The highest BCUT2D eigenvalue weighted by Gasteiger charge is 2.32. The third kappa shape index (κ3) is 3.97. The number of nitrogens with zero attached hydrogens (tertiary/aromatic N) is 1. The lowest BCUT2D eigenvalue weighted by Crippen LogP contribution is -2.45. The van der Waals surface area contributed by atoms with E-state index in [1.165, 1.54) is 18.4 Å². The number of hydrogen-bond donors (Lipinski definition) is 1. The summed E-state index contributed by atoms with van der Waals surface area (Å²) in [6, 6.07) is 9.10. The van der Waals surface area contributed by atoms with Crippen molar-refractivity contribution in [3.8, 4) is 0 Å². The van der Waals surface area contributed by atoms with Crippen LogP contribution in [0.15, 0.2) is 24.3 Å². The first-order chi connectivity index (χ1) is 9.52. The molecule has 2 nitrogen and oxygen atoms in total. The van der Waals surface area contributed by atoms with Crippen LogP contribution in [0.2, 0.25) is 5.02 Å². The molecule has 0 heterocycles. The van der Waals surface area contributed by atoms with Crippen LogP contribution in [0.5, 0.6) is 0 Å². The van der Waals surface area contributed by atoms with Gasteiger partial charge in [0.2, 0.25) is 0 Å². The lowest BCUT2D eigenvalue weighted by Gasteiger charge is -2.38. The SMILES string of the molecule is CCC(N)C(c1cccc(Cl)c1)N(CC1CC1)C(C)C. The summed E-state index contributed by atoms with van der Waals surface area (Å²) in [5.74, 6) is 0.864. The maximum Gasteiger partial charge on any atom is 0.0502 e. The highest BCUT2D eigenvalue weighted by Crippen LogP contribution is 2.35. The lowest BCUT2D eigenvalue weighted by atomic mass is 9.95. The fraction of sp³-hybridized carbons (Fsp3) is 0.647. The molecular formula is C17H27ClN2. The van der Waals surface area contributed by atoms with Crippen LogP contribution in [0, 0.1) is 5.92 Å². The quantitative estimate of drug-likeness (QED) is 0.815. The summed E-state index contributed by atoms with van der Waals surface area (Å²) in [5, 5.41) is 0.797. The van der Waals surface area contributed by atoms with Crippen LogP contribution in [-0.4, -0.2) is 23.5 Å². The van der Waals surface area contributed by atoms with Crippen molar-refractivity contribution in [3.63, 3.8) is 0 Å². The third-order valence-electron chi connectivity index (χ3n) is 4.25. The van der Waals surface area contributed by atoms with Crippen molar-refractivity contribution >= 4 is 11.6 Å². The zero-order valence-corrected chi connectivity index (χ0v) is 13.6. The monoisotopic (exact) mass is 294 g/mol. The molecular weight excluding hydrogens is 268 g/mol. The van der Waals surface area contributed by atoms with Gasteiger partial charge in [-0.1, -0.05) is 30.7 Å². The molecule has 0 spiro atoms. The molecule has 20 heavy (non-hydrogen) atoms. The van der Waals surface area contributed by atoms with Crippen molar-refractivity contribution in [3.05, 3.63) is 34.9 Å². The normalized spacial score (nSPS) is 18.6. The number of halogens is 1. The largest absolute Gasteiger partial charge is 0.326 e. The highest BCUT2D eigenvalue weighted by molar-refractivity contribution is 6.30. The minimum Gasteiger partial charge on any atom is -0.326 e. The van der Waals surface area contributed by atoms with Crippen LogP contribution in [0.25, 0.3) is 0 Å². The van der Waals surface area contributed by atoms with Crippen LogP contribution in [0.1, 0.15) is 51.6 Å². The van der Waals surface area contributed by atoms with Gasteiger partial charge in [-0.25, -0.2) is 0 Å². The summed E-state index contributed by atoms with van der Waals surface area (Å²) in [7, 11) is 0. The summed E-state index contributed by atoms with van der Waals surface area (Å²) < 4.78 is 0. The first kappa shape index (κ1) is 15.8. The van der Waals surface area contributed by atoms with Gasteiger partial charge in [0, 0.05) is 23.7 Å². The maximum atomic E-state index is 6.45. The summed E-state index contributed by atoms with van der Waals surface area (Å²) >= 11 is 6.18. The zero-order chi connectivity index (χ0) is 14.7. The van der Waals surface area contributed by atoms with Crippen LogP contribution in [-0.2, 0) is 0 Å². The van der Waals surface area contributed by atoms with Gasteiger partial charge in [-0.2, -0.15) is 0 Å². The second kappa shape index (κ2) is 6.93. The number of rotatable bonds is 7. The van der Waals surface area contributed by atoms with Crippen molar-refractivity contribution in [1.29, 1.82) is 0 Å². The Hall–Kier alpha value is -0.570. The molecule has 0 radical (unpaired) electrons. The van der Waals surface area contributed by atoms with E-state index in [9.17, 15) is 0 Å². The van der Waals surface area contributed by atoms with Crippen LogP contribution in [0.3, 0.4) is 0 Å². The molecule has 0 aromatic heterocycles. The van der Waals surface area contributed by atoms with E-state index < -0.39 is 0 Å². The first-order valence-electron chi connectivity index (χ1n) is 7.79. The molecule has 2 atom stereocenters. The van der Waals surface area contributed by atoms with E-state index in [0.29, 0.717) is 6.04 Å². The van der Waals surface area contributed by atoms with Gasteiger partial charge in [0.25, 0.3) is 0 Å². The van der Waals surface area contributed by atoms with E-state index in [0.717, 1.165) is 23.9 Å². The smallest absolute Gasteiger partial charge is 0.0502 e. The van der Waals surface area contributed by atoms with Gasteiger partial charge in [0.15, 0.2) is 0 Å². The first-order valence-corrected chi connectivity index (χ1v) is 8.17. The van der Waals surface area contributed by atoms with E-state index in [4.69, 9.17) is 17.3 Å². The van der Waals surface area contributed by atoms with Gasteiger partial charge in [-0.15, -0.1) is 0 Å². The minimum atomic E-state index is 0.148. The fourth-order valence-corrected chi connectivity index (χ4v) is 3.04. The summed E-state index contributed by atoms with van der Waals surface area (Å²) in [5.41, 5.74) is 7.70. The fourth-order valence-electron chi connectivity index (χ4n) is 2.84. The summed E-state index contributed by atoms with van der Waals surface area (Å²) in [6.45, 7) is 7.85. The molecule has 1 aromatic carbocycles. The molecule has 1 aromatic rings. The average molecular weight is 295 g/mol. The molecule has 112 valence electrons. The predicted octanol–water partition coefficient (Wildman–Crippen LogP) is 4.24. The van der Waals surface area contributed by atoms with Crippen molar-refractivity contribution in [2.24, 2.45) is 11.7 Å². The second-order valence-electron chi connectivity index (χ2n) is 6.31. The van der Waals surface area contributed by atoms with Gasteiger partial charge in [-0.3, -0.25) is 4.90 Å². The van der Waals surface area contributed by atoms with E-state index in [1.54, 1.807) is 0 Å². The van der Waals surface area contributed by atoms with Gasteiger partial charge in [0.1, 0.15) is 0 Å². The Morgan fingerprint density at radius 1 is 1.35 bits per heavy atom. The second-order valence-corrected chi connectivity index (χ2v) is 6.74. The molecule has 1 aliphatic carbocycles. The van der Waals surface area contributed by atoms with E-state index in [1.807, 2.05) is 12.1 Å². The molecule has 0 saturated heterocycles. The molecule has 1 aliphatic rings. The summed E-state index contributed by atoms with van der Waals surface area (Å²) in [6.07, 6.45) is 3.71. The van der Waals surface area contributed by atoms with Gasteiger partial charge in [-0.05, 0) is 56.7 Å². The van der Waals surface area contributed by atoms with Gasteiger partial charge in [0.05, 0.1) is 6.04 Å². The van der Waals surface area contributed by atoms with E-state index in [2.05, 4.69) is 37.8 Å². The van der Waals surface area contributed by atoms with Crippen LogP contribution < -0.4 is 5.73 Å². The van der Waals surface area contributed by atoms with Crippen LogP contribution in [0.4, 0.5) is 0 Å². The molecule has 1 saturated carbocycles. The Kier molecular flexibility index (Phi) is 5.48. The van der Waals surface area contributed by atoms with Crippen molar-refractivity contribution in [1.82, 2.24) is 4.90 Å². The molecule has 0 amide bonds. The lowest BCUT2D eigenvalue weighted by molar-refractivity contribution is 0.123. The molecule has 3 heteroatoms. The Balaban J connectivity index is 2.28. The average Bonchev–Trinajstić information content (AvgIpc) is 3.21. The molecule has 2 unspecified atom stereocenters. The molecule has 2 rings (SSSR count). The molecule has 0 bridgehead atoms. The Labute approximate surface area is 128 Å². The van der Waals surface area contributed by atoms with Crippen LogP contribution >= 0.6 is 11.6 Å². The zero-order valence-electron chi connectivity index (χ0n) is 12.8. The van der Waals surface area contributed by atoms with E-state index >= 15 is 0 Å². The van der Waals surface area contributed by atoms with Crippen molar-refractivity contribution < 1.29 is 0 Å². The molecule has 0 aliphatic heterocycles. The highest BCUT2D eigenvalue weighted by atomic mass is 35.5. The Bertz CT molecular complexity index is 429. The third-order valence-corrected chi connectivity index (χ3v) is 4.49. The van der Waals surface area contributed by atoms with Gasteiger partial charge >= 0.3 is 0 Å². The van der Waals surface area contributed by atoms with E-state index in [-0.39, 0.29) is 12.1 Å². The molecule has 2 N–H and O–H groups in total. The molecule has 1 fully saturated rings. The van der Waals surface area contributed by atoms with Gasteiger partial charge < -0.3 is 5.73 Å². The predicted molar refractivity (Wildman–Crippen MR) is 87.0 cm³/mol. The maximum absolute atomic E-state index is 6.45. The summed E-state index contributed by atoms with van der Waals surface area (Å²) in [4.78, 5) is 2.57. The number of nitrogens with two attached hydrogens (primary N) is 1. The Morgan fingerprint density at radius 3 is 2.55 bits per heavy atom. The number of benzene rings is 1. The standard InChI is InChI=1S/C17H27ClN2/c1-4-16(19)17(14-6-5-7-15(18)10-14)20(12(2)3)11-13-8-9-13/h5-7,10,12-13,16-17H,4,8-9,11,19H2,1-3H3. The van der Waals surface area contributed by atoms with Crippen molar-refractivity contribution in [2.45, 2.75) is 58.2 Å². The minimum absolute atomic E-state index is 0.148. The Morgan fingerprint density at radius 2 is 2.05 bits per heavy atom.